The first-order chi connectivity index (χ1) is 6.68. The summed E-state index contributed by atoms with van der Waals surface area (Å²) in [6.45, 7) is 1.46. The van der Waals surface area contributed by atoms with Gasteiger partial charge in [-0.15, -0.1) is 0 Å². The molecule has 1 aromatic heterocycles. The van der Waals surface area contributed by atoms with Crippen LogP contribution in [-0.2, 0) is 29.5 Å². The second-order valence-electron chi connectivity index (χ2n) is 3.74. The van der Waals surface area contributed by atoms with E-state index in [4.69, 9.17) is 0 Å². The fourth-order valence-corrected chi connectivity index (χ4v) is 3.59. The molecule has 2 aliphatic heterocycles. The summed E-state index contributed by atoms with van der Waals surface area (Å²) in [7, 11) is -3.14. The third-order valence-corrected chi connectivity index (χ3v) is 4.45. The average molecular weight is 213 g/mol. The van der Waals surface area contributed by atoms with Gasteiger partial charge in [0.2, 0.25) is 0 Å². The van der Waals surface area contributed by atoms with Crippen molar-refractivity contribution < 1.29 is 8.42 Å². The van der Waals surface area contributed by atoms with E-state index >= 15 is 0 Å². The summed E-state index contributed by atoms with van der Waals surface area (Å²) >= 11 is 0. The lowest BCUT2D eigenvalue weighted by atomic mass is 10.1. The van der Waals surface area contributed by atoms with E-state index < -0.39 is 10.0 Å². The van der Waals surface area contributed by atoms with Gasteiger partial charge in [-0.3, -0.25) is 0 Å². The number of hydrogen-bond acceptors (Lipinski definition) is 4. The molecule has 0 aliphatic carbocycles. The largest absolute Gasteiger partial charge is 0.307 e. The van der Waals surface area contributed by atoms with Gasteiger partial charge in [0.05, 0.1) is 17.1 Å². The Labute approximate surface area is 82.2 Å². The molecule has 0 radical (unpaired) electrons. The smallest absolute Gasteiger partial charge is 0.254 e. The second kappa shape index (κ2) is 2.58. The molecule has 3 rings (SSSR count). The van der Waals surface area contributed by atoms with Crippen molar-refractivity contribution in [3.8, 4) is 0 Å². The lowest BCUT2D eigenvalue weighted by Crippen LogP contribution is -2.26. The zero-order valence-electron chi connectivity index (χ0n) is 7.65. The van der Waals surface area contributed by atoms with Gasteiger partial charge in [0.25, 0.3) is 10.0 Å². The van der Waals surface area contributed by atoms with Crippen LogP contribution in [0.2, 0.25) is 0 Å². The molecule has 0 fully saturated rings. The summed E-state index contributed by atoms with van der Waals surface area (Å²) in [6, 6.07) is 0. The first-order valence-electron chi connectivity index (χ1n) is 4.72. The fraction of sp³-hybridized carbons (Fsp3) is 0.625. The Kier molecular flexibility index (Phi) is 1.55. The molecule has 2 aliphatic rings. The summed E-state index contributed by atoms with van der Waals surface area (Å²) in [4.78, 5) is 0. The SMILES string of the molecule is O=S1(=O)CCCc2c3c(nn21)CNC3. The molecule has 0 saturated heterocycles. The van der Waals surface area contributed by atoms with Crippen LogP contribution < -0.4 is 5.32 Å². The lowest BCUT2D eigenvalue weighted by Gasteiger charge is -2.14. The quantitative estimate of drug-likeness (QED) is 0.637. The van der Waals surface area contributed by atoms with Crippen molar-refractivity contribution in [1.82, 2.24) is 14.5 Å². The highest BCUT2D eigenvalue weighted by Gasteiger charge is 2.30. The van der Waals surface area contributed by atoms with Crippen LogP contribution in [0.3, 0.4) is 0 Å². The van der Waals surface area contributed by atoms with Crippen LogP contribution >= 0.6 is 0 Å². The van der Waals surface area contributed by atoms with Crippen molar-refractivity contribution in [2.45, 2.75) is 25.9 Å². The number of fused-ring (bicyclic) bond motifs is 3. The fourth-order valence-electron chi connectivity index (χ4n) is 2.15. The Morgan fingerprint density at radius 3 is 3.07 bits per heavy atom. The van der Waals surface area contributed by atoms with Crippen molar-refractivity contribution in [1.29, 1.82) is 0 Å². The molecule has 0 amide bonds. The van der Waals surface area contributed by atoms with Gasteiger partial charge in [0.15, 0.2) is 0 Å². The van der Waals surface area contributed by atoms with Crippen molar-refractivity contribution in [2.24, 2.45) is 0 Å². The van der Waals surface area contributed by atoms with E-state index in [1.165, 1.54) is 4.09 Å². The molecule has 0 atom stereocenters. The molecule has 76 valence electrons. The maximum atomic E-state index is 11.7. The molecular formula is C8H11N3O2S. The molecule has 6 heteroatoms. The van der Waals surface area contributed by atoms with E-state index in [-0.39, 0.29) is 5.75 Å². The van der Waals surface area contributed by atoms with Crippen molar-refractivity contribution in [2.75, 3.05) is 5.75 Å². The van der Waals surface area contributed by atoms with E-state index in [0.29, 0.717) is 6.54 Å². The number of rotatable bonds is 0. The monoisotopic (exact) mass is 213 g/mol. The van der Waals surface area contributed by atoms with Gasteiger partial charge in [0.1, 0.15) is 0 Å². The van der Waals surface area contributed by atoms with E-state index in [1.54, 1.807) is 0 Å². The topological polar surface area (TPSA) is 64.0 Å². The van der Waals surface area contributed by atoms with Crippen LogP contribution in [0.5, 0.6) is 0 Å². The zero-order chi connectivity index (χ0) is 9.76. The van der Waals surface area contributed by atoms with E-state index in [2.05, 4.69) is 10.4 Å². The van der Waals surface area contributed by atoms with Gasteiger partial charge in [0, 0.05) is 18.7 Å². The minimum Gasteiger partial charge on any atom is -0.307 e. The zero-order valence-corrected chi connectivity index (χ0v) is 8.47. The molecule has 3 heterocycles. The molecule has 5 nitrogen and oxygen atoms in total. The molecule has 0 aromatic carbocycles. The van der Waals surface area contributed by atoms with Crippen molar-refractivity contribution in [3.63, 3.8) is 0 Å². The van der Waals surface area contributed by atoms with Gasteiger partial charge in [-0.25, -0.2) is 8.42 Å². The first-order valence-corrected chi connectivity index (χ1v) is 6.33. The molecule has 0 saturated carbocycles. The molecule has 1 N–H and O–H groups in total. The summed E-state index contributed by atoms with van der Waals surface area (Å²) < 4.78 is 24.6. The Hall–Kier alpha value is -0.880. The summed E-state index contributed by atoms with van der Waals surface area (Å²) in [5.74, 6) is 0.230. The lowest BCUT2D eigenvalue weighted by molar-refractivity contribution is 0.560. The van der Waals surface area contributed by atoms with Gasteiger partial charge in [-0.05, 0) is 12.8 Å². The third kappa shape index (κ3) is 0.978. The molecule has 14 heavy (non-hydrogen) atoms. The summed E-state index contributed by atoms with van der Waals surface area (Å²) in [5.41, 5.74) is 2.91. The minimum atomic E-state index is -3.14. The highest BCUT2D eigenvalue weighted by Crippen LogP contribution is 2.25. The van der Waals surface area contributed by atoms with Gasteiger partial charge < -0.3 is 5.32 Å². The number of nitrogens with one attached hydrogen (secondary N) is 1. The second-order valence-corrected chi connectivity index (χ2v) is 5.66. The maximum absolute atomic E-state index is 11.7. The number of nitrogens with zero attached hydrogens (tertiary/aromatic N) is 2. The standard InChI is InChI=1S/C8H11N3O2S/c12-14(13)3-1-2-8-6-4-9-5-7(6)10-11(8)14/h9H,1-5H2. The Morgan fingerprint density at radius 1 is 1.36 bits per heavy atom. The average Bonchev–Trinajstić information content (AvgIpc) is 2.64. The minimum absolute atomic E-state index is 0.230. The molecule has 1 aromatic rings. The molecule has 0 spiro atoms. The molecule has 0 unspecified atom stereocenters. The van der Waals surface area contributed by atoms with Crippen LogP contribution in [0.1, 0.15) is 23.4 Å². The van der Waals surface area contributed by atoms with Gasteiger partial charge in [-0.1, -0.05) is 0 Å². The predicted molar refractivity (Wildman–Crippen MR) is 50.3 cm³/mol. The van der Waals surface area contributed by atoms with Crippen LogP contribution in [0, 0.1) is 0 Å². The van der Waals surface area contributed by atoms with Gasteiger partial charge >= 0.3 is 0 Å². The van der Waals surface area contributed by atoms with E-state index in [1.807, 2.05) is 0 Å². The molecule has 0 bridgehead atoms. The van der Waals surface area contributed by atoms with Crippen LogP contribution in [-0.4, -0.2) is 23.4 Å². The Balaban J connectivity index is 2.27. The number of hydrogen-bond donors (Lipinski definition) is 1. The van der Waals surface area contributed by atoms with Crippen LogP contribution in [0.4, 0.5) is 0 Å². The normalized spacial score (nSPS) is 23.1. The Bertz CT molecular complexity index is 489. The van der Waals surface area contributed by atoms with Crippen molar-refractivity contribution >= 4 is 10.0 Å². The van der Waals surface area contributed by atoms with Gasteiger partial charge in [-0.2, -0.15) is 9.19 Å². The highest BCUT2D eigenvalue weighted by atomic mass is 32.2. The third-order valence-electron chi connectivity index (χ3n) is 2.81. The van der Waals surface area contributed by atoms with Crippen LogP contribution in [0.15, 0.2) is 0 Å². The van der Waals surface area contributed by atoms with E-state index in [9.17, 15) is 8.42 Å². The molecular weight excluding hydrogens is 202 g/mol. The summed E-state index contributed by atoms with van der Waals surface area (Å²) in [6.07, 6.45) is 1.56. The van der Waals surface area contributed by atoms with E-state index in [0.717, 1.165) is 36.3 Å². The number of aromatic nitrogens is 2. The summed E-state index contributed by atoms with van der Waals surface area (Å²) in [5, 5.41) is 7.32. The van der Waals surface area contributed by atoms with Crippen molar-refractivity contribution in [3.05, 3.63) is 17.0 Å². The van der Waals surface area contributed by atoms with Crippen LogP contribution in [0.25, 0.3) is 0 Å². The predicted octanol–water partition coefficient (Wildman–Crippen LogP) is -0.390. The first kappa shape index (κ1) is 8.43. The Morgan fingerprint density at radius 2 is 2.21 bits per heavy atom. The maximum Gasteiger partial charge on any atom is 0.254 e. The highest BCUT2D eigenvalue weighted by molar-refractivity contribution is 7.89.